The average molecular weight is 328 g/mol. The van der Waals surface area contributed by atoms with E-state index >= 15 is 0 Å². The summed E-state index contributed by atoms with van der Waals surface area (Å²) in [6.45, 7) is 2.37. The van der Waals surface area contributed by atoms with Gasteiger partial charge in [-0.1, -0.05) is 30.3 Å². The van der Waals surface area contributed by atoms with Crippen LogP contribution in [0.3, 0.4) is 0 Å². The number of carbonyl (C=O) groups excluding carboxylic acids is 3. The van der Waals surface area contributed by atoms with Gasteiger partial charge in [0.15, 0.2) is 0 Å². The molecule has 1 aromatic carbocycles. The summed E-state index contributed by atoms with van der Waals surface area (Å²) >= 11 is 0. The molecule has 0 aromatic heterocycles. The molecule has 0 spiro atoms. The Morgan fingerprint density at radius 2 is 1.67 bits per heavy atom. The molecule has 3 saturated heterocycles. The maximum absolute atomic E-state index is 12.8. The Morgan fingerprint density at radius 1 is 1.08 bits per heavy atom. The predicted molar refractivity (Wildman–Crippen MR) is 84.7 cm³/mol. The molecule has 4 rings (SSSR count). The number of ether oxygens (including phenoxy) is 1. The maximum Gasteiger partial charge on any atom is 0.410 e. The number of nitrogens with zero attached hydrogens (tertiary/aromatic N) is 2. The number of fused-ring (bicyclic) bond motifs is 5. The van der Waals surface area contributed by atoms with Crippen LogP contribution >= 0.6 is 0 Å². The van der Waals surface area contributed by atoms with Crippen LogP contribution in [-0.4, -0.2) is 46.4 Å². The molecule has 0 aliphatic carbocycles. The van der Waals surface area contributed by atoms with Gasteiger partial charge in [-0.05, 0) is 25.3 Å². The Hall–Kier alpha value is -2.37. The van der Waals surface area contributed by atoms with Gasteiger partial charge in [-0.3, -0.25) is 14.5 Å². The van der Waals surface area contributed by atoms with E-state index in [9.17, 15) is 14.4 Å². The van der Waals surface area contributed by atoms with Gasteiger partial charge in [0.25, 0.3) is 0 Å². The van der Waals surface area contributed by atoms with E-state index in [1.807, 2.05) is 30.3 Å². The molecule has 3 aliphatic rings. The fraction of sp³-hybridized carbons (Fsp3) is 0.500. The Kier molecular flexibility index (Phi) is 3.55. The van der Waals surface area contributed by atoms with Crippen molar-refractivity contribution in [3.63, 3.8) is 0 Å². The Balaban J connectivity index is 1.58. The predicted octanol–water partition coefficient (Wildman–Crippen LogP) is 1.79. The van der Waals surface area contributed by atoms with Crippen molar-refractivity contribution in [2.24, 2.45) is 11.8 Å². The Bertz CT molecular complexity index is 660. The number of benzene rings is 1. The Morgan fingerprint density at radius 3 is 2.21 bits per heavy atom. The van der Waals surface area contributed by atoms with Gasteiger partial charge >= 0.3 is 6.09 Å². The van der Waals surface area contributed by atoms with Crippen LogP contribution < -0.4 is 0 Å². The molecular weight excluding hydrogens is 308 g/mol. The van der Waals surface area contributed by atoms with E-state index in [1.54, 1.807) is 11.8 Å². The molecule has 2 bridgehead atoms. The quantitative estimate of drug-likeness (QED) is 0.794. The first-order chi connectivity index (χ1) is 11.6. The summed E-state index contributed by atoms with van der Waals surface area (Å²) in [5.74, 6) is -1.08. The van der Waals surface area contributed by atoms with Gasteiger partial charge in [-0.15, -0.1) is 0 Å². The molecule has 24 heavy (non-hydrogen) atoms. The highest BCUT2D eigenvalue weighted by Gasteiger charge is 2.66. The summed E-state index contributed by atoms with van der Waals surface area (Å²) in [7, 11) is 0. The summed E-state index contributed by atoms with van der Waals surface area (Å²) in [6.07, 6.45) is 1.14. The van der Waals surface area contributed by atoms with Gasteiger partial charge in [0, 0.05) is 12.1 Å². The fourth-order valence-corrected chi connectivity index (χ4v) is 4.54. The smallest absolute Gasteiger partial charge is 0.410 e. The van der Waals surface area contributed by atoms with Crippen molar-refractivity contribution < 1.29 is 19.1 Å². The van der Waals surface area contributed by atoms with E-state index < -0.39 is 17.9 Å². The molecule has 0 saturated carbocycles. The van der Waals surface area contributed by atoms with Crippen LogP contribution in [0.15, 0.2) is 30.3 Å². The van der Waals surface area contributed by atoms with E-state index in [4.69, 9.17) is 4.74 Å². The van der Waals surface area contributed by atoms with Crippen molar-refractivity contribution in [2.45, 2.75) is 38.4 Å². The summed E-state index contributed by atoms with van der Waals surface area (Å²) in [4.78, 5) is 40.9. The number of hydrogen-bond donors (Lipinski definition) is 0. The second kappa shape index (κ2) is 5.61. The van der Waals surface area contributed by atoms with Crippen LogP contribution in [0.2, 0.25) is 0 Å². The monoisotopic (exact) mass is 328 g/mol. The maximum atomic E-state index is 12.8. The van der Waals surface area contributed by atoms with Crippen molar-refractivity contribution in [3.8, 4) is 0 Å². The van der Waals surface area contributed by atoms with E-state index in [-0.39, 0.29) is 23.9 Å². The van der Waals surface area contributed by atoms with Crippen LogP contribution in [0.5, 0.6) is 0 Å². The molecule has 3 aliphatic heterocycles. The van der Waals surface area contributed by atoms with Crippen molar-refractivity contribution in [3.05, 3.63) is 35.9 Å². The topological polar surface area (TPSA) is 66.9 Å². The SMILES string of the molecule is CCOC(=O)N1C2CCC1C1C(=O)N(Cc3ccccc3)C(=O)C12. The molecule has 4 unspecified atom stereocenters. The zero-order valence-corrected chi connectivity index (χ0v) is 13.6. The van der Waals surface area contributed by atoms with Gasteiger partial charge in [0.1, 0.15) is 0 Å². The second-order valence-corrected chi connectivity index (χ2v) is 6.62. The number of carbonyl (C=O) groups is 3. The number of amides is 3. The van der Waals surface area contributed by atoms with Gasteiger partial charge in [-0.2, -0.15) is 0 Å². The lowest BCUT2D eigenvalue weighted by molar-refractivity contribution is -0.141. The lowest BCUT2D eigenvalue weighted by Crippen LogP contribution is -2.43. The minimum absolute atomic E-state index is 0.143. The second-order valence-electron chi connectivity index (χ2n) is 6.62. The van der Waals surface area contributed by atoms with Crippen LogP contribution in [-0.2, 0) is 20.9 Å². The average Bonchev–Trinajstić information content (AvgIpc) is 3.22. The van der Waals surface area contributed by atoms with Crippen molar-refractivity contribution in [1.82, 2.24) is 9.80 Å². The van der Waals surface area contributed by atoms with Crippen LogP contribution in [0.25, 0.3) is 0 Å². The van der Waals surface area contributed by atoms with Crippen molar-refractivity contribution >= 4 is 17.9 Å². The van der Waals surface area contributed by atoms with Crippen molar-refractivity contribution in [1.29, 1.82) is 0 Å². The molecule has 4 atom stereocenters. The summed E-state index contributed by atoms with van der Waals surface area (Å²) < 4.78 is 5.12. The van der Waals surface area contributed by atoms with Gasteiger partial charge in [-0.25, -0.2) is 4.79 Å². The molecule has 3 amide bonds. The number of likely N-dealkylation sites (tertiary alicyclic amines) is 1. The van der Waals surface area contributed by atoms with Crippen LogP contribution in [0.1, 0.15) is 25.3 Å². The first-order valence-corrected chi connectivity index (χ1v) is 8.47. The molecule has 0 radical (unpaired) electrons. The van der Waals surface area contributed by atoms with Crippen LogP contribution in [0, 0.1) is 11.8 Å². The van der Waals surface area contributed by atoms with E-state index in [2.05, 4.69) is 0 Å². The normalized spacial score (nSPS) is 30.9. The number of rotatable bonds is 3. The molecule has 3 heterocycles. The van der Waals surface area contributed by atoms with E-state index in [1.165, 1.54) is 4.90 Å². The zero-order chi connectivity index (χ0) is 16.8. The fourth-order valence-electron chi connectivity index (χ4n) is 4.54. The summed E-state index contributed by atoms with van der Waals surface area (Å²) in [5.41, 5.74) is 0.939. The molecular formula is C18H20N2O4. The molecule has 6 heteroatoms. The van der Waals surface area contributed by atoms with Gasteiger partial charge < -0.3 is 9.64 Å². The third-order valence-electron chi connectivity index (χ3n) is 5.45. The molecule has 0 N–H and O–H groups in total. The number of imide groups is 1. The highest BCUT2D eigenvalue weighted by molar-refractivity contribution is 6.07. The van der Waals surface area contributed by atoms with Gasteiger partial charge in [0.2, 0.25) is 11.8 Å². The van der Waals surface area contributed by atoms with Crippen molar-refractivity contribution in [2.75, 3.05) is 6.61 Å². The molecule has 3 fully saturated rings. The third kappa shape index (κ3) is 2.05. The first kappa shape index (κ1) is 15.2. The summed E-state index contributed by atoms with van der Waals surface area (Å²) in [5, 5.41) is 0. The third-order valence-corrected chi connectivity index (χ3v) is 5.45. The van der Waals surface area contributed by atoms with E-state index in [0.29, 0.717) is 13.2 Å². The zero-order valence-electron chi connectivity index (χ0n) is 13.6. The molecule has 126 valence electrons. The lowest BCUT2D eigenvalue weighted by atomic mass is 9.81. The highest BCUT2D eigenvalue weighted by Crippen LogP contribution is 2.50. The Labute approximate surface area is 140 Å². The minimum atomic E-state index is -0.399. The molecule has 6 nitrogen and oxygen atoms in total. The highest BCUT2D eigenvalue weighted by atomic mass is 16.6. The largest absolute Gasteiger partial charge is 0.450 e. The van der Waals surface area contributed by atoms with Crippen LogP contribution in [0.4, 0.5) is 4.79 Å². The number of hydrogen-bond acceptors (Lipinski definition) is 4. The minimum Gasteiger partial charge on any atom is -0.450 e. The van der Waals surface area contributed by atoms with Gasteiger partial charge in [0.05, 0.1) is 25.0 Å². The summed E-state index contributed by atoms with van der Waals surface area (Å²) in [6, 6.07) is 9.12. The van der Waals surface area contributed by atoms with E-state index in [0.717, 1.165) is 18.4 Å². The lowest BCUT2D eigenvalue weighted by Gasteiger charge is -2.25. The standard InChI is InChI=1S/C18H20N2O4/c1-2-24-18(23)20-12-8-9-13(20)15-14(12)16(21)19(17(15)22)10-11-6-4-3-5-7-11/h3-7,12-15H,2,8-10H2,1H3. The first-order valence-electron chi connectivity index (χ1n) is 8.47. The molecule has 1 aromatic rings.